The molecule has 182 valence electrons. The van der Waals surface area contributed by atoms with Gasteiger partial charge in [-0.2, -0.15) is 18.3 Å². The van der Waals surface area contributed by atoms with E-state index in [1.807, 2.05) is 23.9 Å². The second-order valence-corrected chi connectivity index (χ2v) is 10.0. The van der Waals surface area contributed by atoms with Crippen LogP contribution in [0.15, 0.2) is 54.5 Å². The van der Waals surface area contributed by atoms with Gasteiger partial charge in [0.2, 0.25) is 0 Å². The SMILES string of the molecule is C=C(Nc1cc2cn(CCC(C)(C)C)nc2cc1C(C)C)/C(=C/C=C\C)N(C)CC(F)(F)F. The van der Waals surface area contributed by atoms with E-state index in [-0.39, 0.29) is 11.3 Å². The summed E-state index contributed by atoms with van der Waals surface area (Å²) in [5.74, 6) is 0.195. The van der Waals surface area contributed by atoms with E-state index in [0.717, 1.165) is 40.0 Å². The molecule has 0 amide bonds. The molecule has 1 heterocycles. The number of fused-ring (bicyclic) bond motifs is 1. The van der Waals surface area contributed by atoms with E-state index in [9.17, 15) is 13.2 Å². The normalized spacial score (nSPS) is 13.4. The molecule has 4 nitrogen and oxygen atoms in total. The van der Waals surface area contributed by atoms with Gasteiger partial charge in [0.15, 0.2) is 0 Å². The molecule has 0 aliphatic carbocycles. The summed E-state index contributed by atoms with van der Waals surface area (Å²) < 4.78 is 41.0. The molecule has 33 heavy (non-hydrogen) atoms. The van der Waals surface area contributed by atoms with Gasteiger partial charge >= 0.3 is 6.18 Å². The van der Waals surface area contributed by atoms with Gasteiger partial charge in [-0.1, -0.05) is 53.3 Å². The lowest BCUT2D eigenvalue weighted by atomic mass is 9.92. The minimum absolute atomic E-state index is 0.195. The van der Waals surface area contributed by atoms with Gasteiger partial charge in [-0.05, 0) is 48.4 Å². The van der Waals surface area contributed by atoms with Crippen LogP contribution in [0, 0.1) is 5.41 Å². The molecule has 2 rings (SSSR count). The van der Waals surface area contributed by atoms with Gasteiger partial charge in [0.1, 0.15) is 6.54 Å². The van der Waals surface area contributed by atoms with Gasteiger partial charge in [0.05, 0.1) is 16.9 Å². The summed E-state index contributed by atoms with van der Waals surface area (Å²) in [5.41, 5.74) is 3.76. The fraction of sp³-hybridized carbons (Fsp3) is 0.500. The molecule has 0 aliphatic heterocycles. The summed E-state index contributed by atoms with van der Waals surface area (Å²) in [6.07, 6.45) is 3.83. The molecule has 0 bridgehead atoms. The van der Waals surface area contributed by atoms with Crippen molar-refractivity contribution >= 4 is 16.6 Å². The third kappa shape index (κ3) is 7.98. The van der Waals surface area contributed by atoms with Gasteiger partial charge < -0.3 is 10.2 Å². The number of likely N-dealkylation sites (N-methyl/N-ethyl adjacent to an activating group) is 1. The average Bonchev–Trinajstić information content (AvgIpc) is 3.06. The van der Waals surface area contributed by atoms with Crippen LogP contribution in [-0.2, 0) is 6.54 Å². The number of aromatic nitrogens is 2. The van der Waals surface area contributed by atoms with Crippen molar-refractivity contribution in [1.82, 2.24) is 14.7 Å². The Balaban J connectivity index is 2.39. The van der Waals surface area contributed by atoms with Gasteiger partial charge in [-0.15, -0.1) is 0 Å². The number of hydrogen-bond acceptors (Lipinski definition) is 3. The Bertz CT molecular complexity index is 1020. The number of anilines is 1. The molecule has 0 spiro atoms. The highest BCUT2D eigenvalue weighted by molar-refractivity contribution is 5.84. The maximum Gasteiger partial charge on any atom is 0.405 e. The Kier molecular flexibility index (Phi) is 8.44. The maximum atomic E-state index is 13.0. The summed E-state index contributed by atoms with van der Waals surface area (Å²) in [4.78, 5) is 1.16. The summed E-state index contributed by atoms with van der Waals surface area (Å²) >= 11 is 0. The molecule has 0 unspecified atom stereocenters. The monoisotopic (exact) mass is 462 g/mol. The number of halogens is 3. The minimum atomic E-state index is -4.31. The van der Waals surface area contributed by atoms with Crippen LogP contribution >= 0.6 is 0 Å². The molecule has 1 N–H and O–H groups in total. The molecule has 0 saturated heterocycles. The lowest BCUT2D eigenvalue weighted by molar-refractivity contribution is -0.139. The molecule has 0 atom stereocenters. The first-order valence-electron chi connectivity index (χ1n) is 11.3. The van der Waals surface area contributed by atoms with Crippen molar-refractivity contribution in [1.29, 1.82) is 0 Å². The highest BCUT2D eigenvalue weighted by Crippen LogP contribution is 2.32. The van der Waals surface area contributed by atoms with Gasteiger partial charge in [0.25, 0.3) is 0 Å². The van der Waals surface area contributed by atoms with E-state index >= 15 is 0 Å². The zero-order chi connectivity index (χ0) is 25.0. The number of allylic oxidation sites excluding steroid dienone is 3. The second-order valence-electron chi connectivity index (χ2n) is 10.0. The molecule has 1 aromatic carbocycles. The molecule has 0 radical (unpaired) electrons. The van der Waals surface area contributed by atoms with Gasteiger partial charge in [0, 0.05) is 30.9 Å². The highest BCUT2D eigenvalue weighted by Gasteiger charge is 2.30. The van der Waals surface area contributed by atoms with E-state index in [2.05, 4.69) is 52.6 Å². The summed E-state index contributed by atoms with van der Waals surface area (Å²) in [5, 5.41) is 9.00. The number of nitrogens with one attached hydrogen (secondary N) is 1. The van der Waals surface area contributed by atoms with E-state index in [4.69, 9.17) is 5.10 Å². The molecule has 0 aliphatic rings. The number of nitrogens with zero attached hydrogens (tertiary/aromatic N) is 3. The van der Waals surface area contributed by atoms with Crippen LogP contribution in [0.1, 0.15) is 59.4 Å². The first-order chi connectivity index (χ1) is 15.2. The average molecular weight is 463 g/mol. The third-order valence-electron chi connectivity index (χ3n) is 5.31. The Morgan fingerprint density at radius 2 is 1.91 bits per heavy atom. The van der Waals surface area contributed by atoms with E-state index in [1.165, 1.54) is 7.05 Å². The Labute approximate surface area is 195 Å². The topological polar surface area (TPSA) is 33.1 Å². The molecule has 7 heteroatoms. The molecular weight excluding hydrogens is 425 g/mol. The molecule has 0 saturated carbocycles. The van der Waals surface area contributed by atoms with Crippen molar-refractivity contribution in [3.8, 4) is 0 Å². The number of alkyl halides is 3. The zero-order valence-electron chi connectivity index (χ0n) is 20.8. The Morgan fingerprint density at radius 1 is 1.24 bits per heavy atom. The third-order valence-corrected chi connectivity index (χ3v) is 5.31. The van der Waals surface area contributed by atoms with Crippen molar-refractivity contribution in [3.63, 3.8) is 0 Å². The highest BCUT2D eigenvalue weighted by atomic mass is 19.4. The van der Waals surface area contributed by atoms with Crippen LogP contribution in [0.4, 0.5) is 18.9 Å². The fourth-order valence-corrected chi connectivity index (χ4v) is 3.52. The first kappa shape index (κ1) is 26.6. The summed E-state index contributed by atoms with van der Waals surface area (Å²) in [6.45, 7) is 16.4. The number of benzene rings is 1. The largest absolute Gasteiger partial charge is 0.405 e. The predicted molar refractivity (Wildman–Crippen MR) is 132 cm³/mol. The van der Waals surface area contributed by atoms with Gasteiger partial charge in [-0.25, -0.2) is 0 Å². The number of aryl methyl sites for hydroxylation is 1. The predicted octanol–water partition coefficient (Wildman–Crippen LogP) is 7.48. The summed E-state index contributed by atoms with van der Waals surface area (Å²) in [6, 6.07) is 4.06. The van der Waals surface area contributed by atoms with Crippen LogP contribution in [-0.4, -0.2) is 34.4 Å². The Hall–Kier alpha value is -2.70. The van der Waals surface area contributed by atoms with Crippen LogP contribution in [0.3, 0.4) is 0 Å². The molecule has 1 aromatic heterocycles. The fourth-order valence-electron chi connectivity index (χ4n) is 3.52. The van der Waals surface area contributed by atoms with Crippen molar-refractivity contribution in [2.75, 3.05) is 18.9 Å². The second kappa shape index (κ2) is 10.5. The standard InChI is InChI=1S/C26H37F3N4/c1-9-10-11-24(32(8)17-26(27,28)29)19(4)30-23-14-20-16-33(13-12-25(5,6)7)31-22(20)15-21(23)18(2)3/h9-11,14-16,18,30H,4,12-13,17H2,1-3,5-8H3/b10-9-,24-11-. The van der Waals surface area contributed by atoms with Crippen LogP contribution < -0.4 is 5.32 Å². The van der Waals surface area contributed by atoms with Crippen LogP contribution in [0.2, 0.25) is 0 Å². The molecule has 2 aromatic rings. The van der Waals surface area contributed by atoms with Gasteiger partial charge in [-0.3, -0.25) is 4.68 Å². The van der Waals surface area contributed by atoms with Crippen molar-refractivity contribution in [2.45, 2.75) is 66.6 Å². The number of rotatable bonds is 9. The molecule has 0 fully saturated rings. The van der Waals surface area contributed by atoms with Crippen LogP contribution in [0.25, 0.3) is 10.9 Å². The van der Waals surface area contributed by atoms with Crippen LogP contribution in [0.5, 0.6) is 0 Å². The lowest BCUT2D eigenvalue weighted by Gasteiger charge is -2.26. The zero-order valence-corrected chi connectivity index (χ0v) is 20.8. The van der Waals surface area contributed by atoms with Crippen molar-refractivity contribution in [2.24, 2.45) is 5.41 Å². The Morgan fingerprint density at radius 3 is 2.45 bits per heavy atom. The van der Waals surface area contributed by atoms with E-state index in [0.29, 0.717) is 11.4 Å². The number of hydrogen-bond donors (Lipinski definition) is 1. The first-order valence-corrected chi connectivity index (χ1v) is 11.3. The van der Waals surface area contributed by atoms with E-state index < -0.39 is 12.7 Å². The minimum Gasteiger partial charge on any atom is -0.364 e. The van der Waals surface area contributed by atoms with Crippen molar-refractivity contribution < 1.29 is 13.2 Å². The molecular formula is C26H37F3N4. The van der Waals surface area contributed by atoms with Crippen molar-refractivity contribution in [3.05, 3.63) is 60.1 Å². The summed E-state index contributed by atoms with van der Waals surface area (Å²) in [7, 11) is 1.42. The maximum absolute atomic E-state index is 13.0. The van der Waals surface area contributed by atoms with E-state index in [1.54, 1.807) is 18.2 Å². The smallest absolute Gasteiger partial charge is 0.364 e. The lowest BCUT2D eigenvalue weighted by Crippen LogP contribution is -2.32. The quantitative estimate of drug-likeness (QED) is 0.392.